The summed E-state index contributed by atoms with van der Waals surface area (Å²) in [5.41, 5.74) is 1.51. The third-order valence-electron chi connectivity index (χ3n) is 6.41. The molecule has 2 heterocycles. The zero-order valence-corrected chi connectivity index (χ0v) is 22.9. The smallest absolute Gasteiger partial charge is 0.254 e. The molecule has 0 atom stereocenters. The molecule has 3 aromatic rings. The lowest BCUT2D eigenvalue weighted by Crippen LogP contribution is -2.43. The minimum absolute atomic E-state index is 0.00455. The van der Waals surface area contributed by atoms with Crippen molar-refractivity contribution < 1.29 is 28.5 Å². The van der Waals surface area contributed by atoms with Crippen LogP contribution in [-0.4, -0.2) is 62.3 Å². The van der Waals surface area contributed by atoms with Crippen molar-refractivity contribution in [1.82, 2.24) is 9.80 Å². The zero-order valence-electron chi connectivity index (χ0n) is 22.1. The van der Waals surface area contributed by atoms with E-state index in [9.17, 15) is 9.59 Å². The second kappa shape index (κ2) is 13.2. The van der Waals surface area contributed by atoms with Gasteiger partial charge in [-0.3, -0.25) is 9.59 Å². The van der Waals surface area contributed by atoms with Gasteiger partial charge in [-0.15, -0.1) is 11.3 Å². The van der Waals surface area contributed by atoms with E-state index < -0.39 is 0 Å². The van der Waals surface area contributed by atoms with Crippen molar-refractivity contribution in [2.75, 3.05) is 40.6 Å². The summed E-state index contributed by atoms with van der Waals surface area (Å²) >= 11 is 1.61. The fraction of sp³-hybridized carbons (Fsp3) is 0.379. The predicted octanol–water partition coefficient (Wildman–Crippen LogP) is 5.01. The summed E-state index contributed by atoms with van der Waals surface area (Å²) in [5.74, 6) is 2.20. The topological polar surface area (TPSA) is 77.5 Å². The van der Waals surface area contributed by atoms with E-state index in [1.54, 1.807) is 48.7 Å². The van der Waals surface area contributed by atoms with Gasteiger partial charge >= 0.3 is 0 Å². The van der Waals surface area contributed by atoms with Crippen LogP contribution in [-0.2, 0) is 17.8 Å². The summed E-state index contributed by atoms with van der Waals surface area (Å²) in [6.45, 7) is 3.71. The molecule has 202 valence electrons. The Bertz CT molecular complexity index is 1230. The van der Waals surface area contributed by atoms with Crippen LogP contribution in [0.25, 0.3) is 0 Å². The van der Waals surface area contributed by atoms with Gasteiger partial charge in [-0.05, 0) is 60.2 Å². The quantitative estimate of drug-likeness (QED) is 0.305. The number of rotatable bonds is 13. The van der Waals surface area contributed by atoms with Crippen molar-refractivity contribution in [3.8, 4) is 23.0 Å². The van der Waals surface area contributed by atoms with Crippen LogP contribution in [0.3, 0.4) is 0 Å². The fourth-order valence-corrected chi connectivity index (χ4v) is 4.98. The molecule has 1 aliphatic rings. The molecule has 0 N–H and O–H groups in total. The summed E-state index contributed by atoms with van der Waals surface area (Å²) in [4.78, 5) is 31.7. The molecule has 1 aliphatic heterocycles. The number of carbonyl (C=O) groups is 2. The largest absolute Gasteiger partial charge is 0.493 e. The Kier molecular flexibility index (Phi) is 9.48. The summed E-state index contributed by atoms with van der Waals surface area (Å²) in [6.07, 6.45) is 2.36. The SMILES string of the molecule is CCCCN(CC(=O)N(CCc1ccc(OC)c(OC)c1)Cc1cccs1)C(=O)c1ccc2c(c1)OCO2. The molecule has 2 amide bonds. The molecule has 4 rings (SSSR count). The van der Waals surface area contributed by atoms with Crippen molar-refractivity contribution in [3.05, 3.63) is 69.9 Å². The van der Waals surface area contributed by atoms with Gasteiger partial charge in [-0.1, -0.05) is 25.5 Å². The van der Waals surface area contributed by atoms with Gasteiger partial charge in [-0.25, -0.2) is 0 Å². The molecular formula is C29H34N2O6S. The lowest BCUT2D eigenvalue weighted by Gasteiger charge is -2.28. The highest BCUT2D eigenvalue weighted by Crippen LogP contribution is 2.33. The van der Waals surface area contributed by atoms with E-state index in [0.29, 0.717) is 54.6 Å². The van der Waals surface area contributed by atoms with Crippen LogP contribution >= 0.6 is 11.3 Å². The number of fused-ring (bicyclic) bond motifs is 1. The molecule has 1 aromatic heterocycles. The van der Waals surface area contributed by atoms with Crippen LogP contribution in [0.15, 0.2) is 53.9 Å². The first-order valence-electron chi connectivity index (χ1n) is 12.7. The molecule has 2 aromatic carbocycles. The fourth-order valence-electron chi connectivity index (χ4n) is 4.26. The molecular weight excluding hydrogens is 504 g/mol. The molecule has 0 fully saturated rings. The van der Waals surface area contributed by atoms with E-state index in [1.807, 2.05) is 40.6 Å². The first kappa shape index (κ1) is 27.3. The monoisotopic (exact) mass is 538 g/mol. The van der Waals surface area contributed by atoms with Gasteiger partial charge in [-0.2, -0.15) is 0 Å². The number of ether oxygens (including phenoxy) is 4. The molecule has 8 nitrogen and oxygen atoms in total. The average molecular weight is 539 g/mol. The summed E-state index contributed by atoms with van der Waals surface area (Å²) in [5, 5.41) is 2.00. The van der Waals surface area contributed by atoms with E-state index in [2.05, 4.69) is 6.92 Å². The Labute approximate surface area is 227 Å². The molecule has 0 unspecified atom stereocenters. The van der Waals surface area contributed by atoms with Crippen molar-refractivity contribution in [1.29, 1.82) is 0 Å². The minimum atomic E-state index is -0.193. The van der Waals surface area contributed by atoms with Crippen LogP contribution in [0.4, 0.5) is 0 Å². The van der Waals surface area contributed by atoms with Gasteiger partial charge in [0.1, 0.15) is 6.54 Å². The summed E-state index contributed by atoms with van der Waals surface area (Å²) in [7, 11) is 3.21. The van der Waals surface area contributed by atoms with Gasteiger partial charge in [0.25, 0.3) is 5.91 Å². The highest BCUT2D eigenvalue weighted by atomic mass is 32.1. The van der Waals surface area contributed by atoms with Crippen molar-refractivity contribution in [2.45, 2.75) is 32.7 Å². The molecule has 0 saturated carbocycles. The third kappa shape index (κ3) is 6.77. The molecule has 0 radical (unpaired) electrons. The Balaban J connectivity index is 1.50. The highest BCUT2D eigenvalue weighted by molar-refractivity contribution is 7.09. The second-order valence-electron chi connectivity index (χ2n) is 8.98. The Morgan fingerprint density at radius 2 is 1.76 bits per heavy atom. The Hall–Kier alpha value is -3.72. The number of amides is 2. The number of hydrogen-bond donors (Lipinski definition) is 0. The van der Waals surface area contributed by atoms with Gasteiger partial charge in [0.05, 0.1) is 20.8 Å². The molecule has 0 aliphatic carbocycles. The van der Waals surface area contributed by atoms with E-state index in [1.165, 1.54) is 0 Å². The normalized spacial score (nSPS) is 11.8. The standard InChI is InChI=1S/C29H34N2O6S/c1-4-5-13-31(29(33)22-9-11-25-27(17-22)37-20-36-25)19-28(32)30(18-23-7-6-15-38-23)14-12-21-8-10-24(34-2)26(16-21)35-3/h6-11,15-17H,4-5,12-14,18-20H2,1-3H3. The molecule has 0 spiro atoms. The number of carbonyl (C=O) groups excluding carboxylic acids is 2. The minimum Gasteiger partial charge on any atom is -0.493 e. The second-order valence-corrected chi connectivity index (χ2v) is 10.0. The molecule has 0 bridgehead atoms. The van der Waals surface area contributed by atoms with Crippen LogP contribution in [0.1, 0.15) is 40.6 Å². The Morgan fingerprint density at radius 3 is 2.50 bits per heavy atom. The number of unbranched alkanes of at least 4 members (excludes halogenated alkanes) is 1. The number of methoxy groups -OCH3 is 2. The number of thiophene rings is 1. The highest BCUT2D eigenvalue weighted by Gasteiger charge is 2.24. The number of benzene rings is 2. The summed E-state index contributed by atoms with van der Waals surface area (Å²) in [6, 6.07) is 14.9. The lowest BCUT2D eigenvalue weighted by molar-refractivity contribution is -0.132. The number of nitrogens with zero attached hydrogens (tertiary/aromatic N) is 2. The average Bonchev–Trinajstić information content (AvgIpc) is 3.64. The predicted molar refractivity (Wildman–Crippen MR) is 146 cm³/mol. The Morgan fingerprint density at radius 1 is 0.947 bits per heavy atom. The van der Waals surface area contributed by atoms with Gasteiger partial charge in [0, 0.05) is 23.5 Å². The van der Waals surface area contributed by atoms with Gasteiger partial charge in [0.2, 0.25) is 12.7 Å². The van der Waals surface area contributed by atoms with Gasteiger partial charge < -0.3 is 28.7 Å². The lowest BCUT2D eigenvalue weighted by atomic mass is 10.1. The van der Waals surface area contributed by atoms with E-state index in [-0.39, 0.29) is 25.2 Å². The van der Waals surface area contributed by atoms with Crippen LogP contribution in [0.2, 0.25) is 0 Å². The van der Waals surface area contributed by atoms with Crippen LogP contribution in [0, 0.1) is 0 Å². The maximum absolute atomic E-state index is 13.7. The first-order chi connectivity index (χ1) is 18.5. The number of hydrogen-bond acceptors (Lipinski definition) is 7. The van der Waals surface area contributed by atoms with E-state index >= 15 is 0 Å². The maximum atomic E-state index is 13.7. The van der Waals surface area contributed by atoms with Crippen molar-refractivity contribution in [3.63, 3.8) is 0 Å². The summed E-state index contributed by atoms with van der Waals surface area (Å²) < 4.78 is 21.6. The van der Waals surface area contributed by atoms with Crippen LogP contribution < -0.4 is 18.9 Å². The molecule has 0 saturated heterocycles. The van der Waals surface area contributed by atoms with Crippen molar-refractivity contribution >= 4 is 23.2 Å². The molecule has 9 heteroatoms. The maximum Gasteiger partial charge on any atom is 0.254 e. The van der Waals surface area contributed by atoms with E-state index in [0.717, 1.165) is 23.3 Å². The first-order valence-corrected chi connectivity index (χ1v) is 13.6. The van der Waals surface area contributed by atoms with Crippen molar-refractivity contribution in [2.24, 2.45) is 0 Å². The van der Waals surface area contributed by atoms with E-state index in [4.69, 9.17) is 18.9 Å². The zero-order chi connectivity index (χ0) is 26.9. The third-order valence-corrected chi connectivity index (χ3v) is 7.27. The van der Waals surface area contributed by atoms with Crippen LogP contribution in [0.5, 0.6) is 23.0 Å². The van der Waals surface area contributed by atoms with Gasteiger partial charge in [0.15, 0.2) is 23.0 Å². The molecule has 38 heavy (non-hydrogen) atoms.